The first-order chi connectivity index (χ1) is 7.81. The van der Waals surface area contributed by atoms with Gasteiger partial charge in [0.2, 0.25) is 0 Å². The van der Waals surface area contributed by atoms with Crippen LogP contribution >= 0.6 is 0 Å². The van der Waals surface area contributed by atoms with Crippen LogP contribution in [0.4, 0.5) is 5.69 Å². The van der Waals surface area contributed by atoms with Crippen molar-refractivity contribution in [1.82, 2.24) is 5.32 Å². The maximum atomic E-state index is 5.47. The molecule has 0 heterocycles. The predicted octanol–water partition coefficient (Wildman–Crippen LogP) is 2.36. The minimum atomic E-state index is 0.621. The topological polar surface area (TPSA) is 42.9 Å². The molecule has 0 unspecified atom stereocenters. The molecular weight excluding hydrogens is 204 g/mol. The van der Waals surface area contributed by atoms with Crippen LogP contribution in [0.15, 0.2) is 23.2 Å². The third-order valence-electron chi connectivity index (χ3n) is 1.87. The van der Waals surface area contributed by atoms with E-state index in [2.05, 4.69) is 10.3 Å². The SMILES string of the molecule is CCOc1ccc(OCC)c(N=CNC)c1. The molecule has 0 fully saturated rings. The normalized spacial score (nSPS) is 10.4. The Morgan fingerprint density at radius 2 is 2.00 bits per heavy atom. The second-order valence-corrected chi connectivity index (χ2v) is 3.04. The Morgan fingerprint density at radius 1 is 1.25 bits per heavy atom. The number of benzene rings is 1. The molecule has 0 spiro atoms. The summed E-state index contributed by atoms with van der Waals surface area (Å²) in [5.74, 6) is 1.56. The molecule has 0 amide bonds. The number of rotatable bonds is 6. The number of aliphatic imine (C=N–C) groups is 1. The molecule has 0 atom stereocenters. The maximum Gasteiger partial charge on any atom is 0.145 e. The fourth-order valence-electron chi connectivity index (χ4n) is 1.27. The molecule has 88 valence electrons. The summed E-state index contributed by atoms with van der Waals surface area (Å²) < 4.78 is 10.9. The lowest BCUT2D eigenvalue weighted by atomic mass is 10.3. The van der Waals surface area contributed by atoms with Gasteiger partial charge in [0.15, 0.2) is 0 Å². The Bertz CT molecular complexity index is 351. The molecule has 0 aliphatic carbocycles. The molecule has 4 nitrogen and oxygen atoms in total. The Kier molecular flexibility index (Phi) is 5.19. The molecule has 0 aliphatic rings. The van der Waals surface area contributed by atoms with Crippen LogP contribution < -0.4 is 14.8 Å². The van der Waals surface area contributed by atoms with Gasteiger partial charge in [-0.05, 0) is 26.0 Å². The van der Waals surface area contributed by atoms with Gasteiger partial charge in [0.25, 0.3) is 0 Å². The fraction of sp³-hybridized carbons (Fsp3) is 0.417. The van der Waals surface area contributed by atoms with Gasteiger partial charge in [0.05, 0.1) is 19.6 Å². The monoisotopic (exact) mass is 222 g/mol. The largest absolute Gasteiger partial charge is 0.494 e. The molecule has 0 aliphatic heterocycles. The summed E-state index contributed by atoms with van der Waals surface area (Å²) >= 11 is 0. The van der Waals surface area contributed by atoms with Crippen molar-refractivity contribution in [1.29, 1.82) is 0 Å². The van der Waals surface area contributed by atoms with Gasteiger partial charge < -0.3 is 14.8 Å². The first-order valence-corrected chi connectivity index (χ1v) is 5.41. The zero-order valence-corrected chi connectivity index (χ0v) is 9.99. The standard InChI is InChI=1S/C12H18N2O2/c1-4-15-10-6-7-12(16-5-2)11(8-10)14-9-13-3/h6-9H,4-5H2,1-3H3,(H,13,14). The lowest BCUT2D eigenvalue weighted by Gasteiger charge is -2.09. The lowest BCUT2D eigenvalue weighted by Crippen LogP contribution is -2.00. The molecule has 0 saturated carbocycles. The van der Waals surface area contributed by atoms with Crippen LogP contribution in [0.1, 0.15) is 13.8 Å². The van der Waals surface area contributed by atoms with Crippen LogP contribution in [0.5, 0.6) is 11.5 Å². The predicted molar refractivity (Wildman–Crippen MR) is 66.0 cm³/mol. The molecule has 1 N–H and O–H groups in total. The van der Waals surface area contributed by atoms with Crippen LogP contribution in [0.25, 0.3) is 0 Å². The molecule has 1 aromatic carbocycles. The Labute approximate surface area is 96.3 Å². The summed E-state index contributed by atoms with van der Waals surface area (Å²) in [7, 11) is 1.80. The van der Waals surface area contributed by atoms with E-state index in [0.29, 0.717) is 13.2 Å². The summed E-state index contributed by atoms with van der Waals surface area (Å²) in [4.78, 5) is 4.25. The van der Waals surface area contributed by atoms with Crippen LogP contribution in [-0.4, -0.2) is 26.6 Å². The highest BCUT2D eigenvalue weighted by Gasteiger charge is 2.03. The van der Waals surface area contributed by atoms with Gasteiger partial charge in [-0.25, -0.2) is 4.99 Å². The number of ether oxygens (including phenoxy) is 2. The van der Waals surface area contributed by atoms with Crippen molar-refractivity contribution in [3.8, 4) is 11.5 Å². The summed E-state index contributed by atoms with van der Waals surface area (Å²) in [6.45, 7) is 5.16. The third kappa shape index (κ3) is 3.46. The average Bonchev–Trinajstić information content (AvgIpc) is 2.30. The number of nitrogens with one attached hydrogen (secondary N) is 1. The fourth-order valence-corrected chi connectivity index (χ4v) is 1.27. The first kappa shape index (κ1) is 12.4. The van der Waals surface area contributed by atoms with E-state index in [-0.39, 0.29) is 0 Å². The van der Waals surface area contributed by atoms with E-state index in [4.69, 9.17) is 9.47 Å². The van der Waals surface area contributed by atoms with Crippen molar-refractivity contribution < 1.29 is 9.47 Å². The van der Waals surface area contributed by atoms with Gasteiger partial charge in [0.1, 0.15) is 17.2 Å². The Morgan fingerprint density at radius 3 is 2.62 bits per heavy atom. The number of nitrogens with zero attached hydrogens (tertiary/aromatic N) is 1. The van der Waals surface area contributed by atoms with E-state index in [1.54, 1.807) is 13.4 Å². The number of hydrogen-bond acceptors (Lipinski definition) is 3. The van der Waals surface area contributed by atoms with E-state index in [0.717, 1.165) is 17.2 Å². The van der Waals surface area contributed by atoms with E-state index in [9.17, 15) is 0 Å². The molecule has 1 aromatic rings. The maximum absolute atomic E-state index is 5.47. The van der Waals surface area contributed by atoms with Crippen molar-refractivity contribution in [3.05, 3.63) is 18.2 Å². The van der Waals surface area contributed by atoms with Crippen LogP contribution in [0.2, 0.25) is 0 Å². The minimum Gasteiger partial charge on any atom is -0.494 e. The molecule has 0 saturated heterocycles. The van der Waals surface area contributed by atoms with E-state index in [1.807, 2.05) is 32.0 Å². The highest BCUT2D eigenvalue weighted by Crippen LogP contribution is 2.31. The second-order valence-electron chi connectivity index (χ2n) is 3.04. The molecule has 0 aromatic heterocycles. The average molecular weight is 222 g/mol. The molecule has 0 radical (unpaired) electrons. The molecular formula is C12H18N2O2. The van der Waals surface area contributed by atoms with Gasteiger partial charge in [-0.15, -0.1) is 0 Å². The zero-order chi connectivity index (χ0) is 11.8. The van der Waals surface area contributed by atoms with E-state index >= 15 is 0 Å². The highest BCUT2D eigenvalue weighted by atomic mass is 16.5. The third-order valence-corrected chi connectivity index (χ3v) is 1.87. The summed E-state index contributed by atoms with van der Waals surface area (Å²) in [5.41, 5.74) is 0.766. The van der Waals surface area contributed by atoms with E-state index < -0.39 is 0 Å². The van der Waals surface area contributed by atoms with Gasteiger partial charge in [-0.1, -0.05) is 0 Å². The van der Waals surface area contributed by atoms with Crippen molar-refractivity contribution in [3.63, 3.8) is 0 Å². The smallest absolute Gasteiger partial charge is 0.145 e. The van der Waals surface area contributed by atoms with Crippen LogP contribution in [-0.2, 0) is 0 Å². The van der Waals surface area contributed by atoms with Gasteiger partial charge >= 0.3 is 0 Å². The minimum absolute atomic E-state index is 0.621. The number of hydrogen-bond donors (Lipinski definition) is 1. The second kappa shape index (κ2) is 6.71. The Balaban J connectivity index is 2.95. The Hall–Kier alpha value is -1.71. The molecule has 0 bridgehead atoms. The summed E-state index contributed by atoms with van der Waals surface area (Å²) in [6, 6.07) is 5.62. The van der Waals surface area contributed by atoms with Crippen molar-refractivity contribution in [2.24, 2.45) is 4.99 Å². The summed E-state index contributed by atoms with van der Waals surface area (Å²) in [5, 5.41) is 2.85. The van der Waals surface area contributed by atoms with E-state index in [1.165, 1.54) is 0 Å². The molecule has 16 heavy (non-hydrogen) atoms. The van der Waals surface area contributed by atoms with Crippen LogP contribution in [0.3, 0.4) is 0 Å². The van der Waals surface area contributed by atoms with Gasteiger partial charge in [-0.2, -0.15) is 0 Å². The van der Waals surface area contributed by atoms with Crippen molar-refractivity contribution >= 4 is 12.0 Å². The van der Waals surface area contributed by atoms with Crippen molar-refractivity contribution in [2.75, 3.05) is 20.3 Å². The van der Waals surface area contributed by atoms with Crippen LogP contribution in [0, 0.1) is 0 Å². The molecule has 1 rings (SSSR count). The lowest BCUT2D eigenvalue weighted by molar-refractivity contribution is 0.331. The first-order valence-electron chi connectivity index (χ1n) is 5.41. The summed E-state index contributed by atoms with van der Waals surface area (Å²) in [6.07, 6.45) is 1.62. The van der Waals surface area contributed by atoms with Gasteiger partial charge in [-0.3, -0.25) is 0 Å². The zero-order valence-electron chi connectivity index (χ0n) is 9.99. The van der Waals surface area contributed by atoms with Gasteiger partial charge in [0, 0.05) is 13.1 Å². The quantitative estimate of drug-likeness (QED) is 0.593. The molecule has 4 heteroatoms. The highest BCUT2D eigenvalue weighted by molar-refractivity contribution is 5.66. The van der Waals surface area contributed by atoms with Crippen molar-refractivity contribution in [2.45, 2.75) is 13.8 Å².